The van der Waals surface area contributed by atoms with Gasteiger partial charge in [0.15, 0.2) is 0 Å². The minimum Gasteiger partial charge on any atom is -0.0654 e. The van der Waals surface area contributed by atoms with Crippen LogP contribution in [0.2, 0.25) is 0 Å². The summed E-state index contributed by atoms with van der Waals surface area (Å²) in [4.78, 5) is 0. The van der Waals surface area contributed by atoms with Crippen LogP contribution in [0.15, 0.2) is 0 Å². The Bertz CT molecular complexity index is 23.6. The predicted octanol–water partition coefficient (Wildman–Crippen LogP) is 2.97. The van der Waals surface area contributed by atoms with Crippen LogP contribution in [0.5, 0.6) is 0 Å². The van der Waals surface area contributed by atoms with Crippen LogP contribution in [0.3, 0.4) is 0 Å². The van der Waals surface area contributed by atoms with Crippen molar-refractivity contribution in [3.63, 3.8) is 0 Å². The zero-order valence-corrected chi connectivity index (χ0v) is 8.12. The van der Waals surface area contributed by atoms with Gasteiger partial charge in [0.25, 0.3) is 0 Å². The molecule has 0 spiro atoms. The summed E-state index contributed by atoms with van der Waals surface area (Å²) in [5, 5.41) is 0. The molecule has 0 saturated heterocycles. The molecule has 0 saturated carbocycles. The van der Waals surface area contributed by atoms with Crippen LogP contribution >= 0.6 is 0 Å². The molecular formula is C7H16Pt. The molecule has 1 heteroatoms. The van der Waals surface area contributed by atoms with Gasteiger partial charge >= 0.3 is 0 Å². The molecule has 0 amide bonds. The quantitative estimate of drug-likeness (QED) is 0.700. The van der Waals surface area contributed by atoms with E-state index in [-0.39, 0.29) is 21.1 Å². The Morgan fingerprint density at radius 3 is 1.38 bits per heavy atom. The molecule has 0 nitrogen and oxygen atoms in total. The predicted molar refractivity (Wildman–Crippen MR) is 34.4 cm³/mol. The van der Waals surface area contributed by atoms with Gasteiger partial charge in [0.2, 0.25) is 0 Å². The van der Waals surface area contributed by atoms with E-state index in [1.807, 2.05) is 0 Å². The summed E-state index contributed by atoms with van der Waals surface area (Å²) < 4.78 is 0. The van der Waals surface area contributed by atoms with Crippen LogP contribution in [0.4, 0.5) is 0 Å². The molecular weight excluding hydrogens is 279 g/mol. The topological polar surface area (TPSA) is 0 Å². The summed E-state index contributed by atoms with van der Waals surface area (Å²) >= 11 is 0. The third-order valence-corrected chi connectivity index (χ3v) is 1.21. The number of rotatable bonds is 4. The number of hydrogen-bond donors (Lipinski definition) is 0. The van der Waals surface area contributed by atoms with Gasteiger partial charge in [-0.3, -0.25) is 0 Å². The molecule has 8 heavy (non-hydrogen) atoms. The van der Waals surface area contributed by atoms with E-state index in [9.17, 15) is 0 Å². The summed E-state index contributed by atoms with van der Waals surface area (Å²) in [7, 11) is 0. The molecule has 0 unspecified atom stereocenters. The molecule has 0 fully saturated rings. The van der Waals surface area contributed by atoms with E-state index in [1.54, 1.807) is 0 Å². The summed E-state index contributed by atoms with van der Waals surface area (Å²) in [5.41, 5.74) is 0. The van der Waals surface area contributed by atoms with Crippen LogP contribution in [0.25, 0.3) is 0 Å². The van der Waals surface area contributed by atoms with Crippen molar-refractivity contribution in [2.24, 2.45) is 0 Å². The Labute approximate surface area is 67.3 Å². The van der Waals surface area contributed by atoms with Gasteiger partial charge in [-0.2, -0.15) is 0 Å². The molecule has 0 atom stereocenters. The summed E-state index contributed by atoms with van der Waals surface area (Å²) in [6.07, 6.45) is 7.01. The first kappa shape index (κ1) is 11.5. The average Bonchev–Trinajstić information content (AvgIpc) is 1.69. The summed E-state index contributed by atoms with van der Waals surface area (Å²) in [5.74, 6) is 0. The maximum atomic E-state index is 2.25. The zero-order chi connectivity index (χ0) is 5.54. The normalized spacial score (nSPS) is 8.25. The smallest absolute Gasteiger partial charge is 0 e. The van der Waals surface area contributed by atoms with Crippen LogP contribution in [0.1, 0.15) is 46.0 Å². The van der Waals surface area contributed by atoms with Crippen molar-refractivity contribution in [2.75, 3.05) is 0 Å². The molecule has 0 rings (SSSR count). The molecule has 54 valence electrons. The monoisotopic (exact) mass is 295 g/mol. The molecule has 0 heterocycles. The molecule has 0 aromatic rings. The van der Waals surface area contributed by atoms with E-state index in [1.165, 1.54) is 32.1 Å². The number of unbranched alkanes of at least 4 members (excludes halogenated alkanes) is 4. The van der Waals surface area contributed by atoms with E-state index >= 15 is 0 Å². The van der Waals surface area contributed by atoms with Crippen molar-refractivity contribution < 1.29 is 21.1 Å². The van der Waals surface area contributed by atoms with Crippen molar-refractivity contribution in [2.45, 2.75) is 46.0 Å². The molecule has 0 aromatic carbocycles. The van der Waals surface area contributed by atoms with Crippen LogP contribution in [-0.2, 0) is 21.1 Å². The maximum absolute atomic E-state index is 2.25. The largest absolute Gasteiger partial charge is 0.0654 e. The Kier molecular flexibility index (Phi) is 15.3. The van der Waals surface area contributed by atoms with Gasteiger partial charge in [-0.1, -0.05) is 46.0 Å². The summed E-state index contributed by atoms with van der Waals surface area (Å²) in [6, 6.07) is 0. The minimum absolute atomic E-state index is 0. The molecule has 0 radical (unpaired) electrons. The fourth-order valence-electron chi connectivity index (χ4n) is 0.677. The van der Waals surface area contributed by atoms with Crippen molar-refractivity contribution in [3.05, 3.63) is 0 Å². The van der Waals surface area contributed by atoms with E-state index in [4.69, 9.17) is 0 Å². The molecule has 0 aliphatic rings. The first-order valence-electron chi connectivity index (χ1n) is 3.41. The standard InChI is InChI=1S/C7H16.Pt/c1-3-5-7-6-4-2;/h3-7H2,1-2H3;. The molecule has 0 aliphatic heterocycles. The van der Waals surface area contributed by atoms with E-state index in [0.717, 1.165) is 0 Å². The zero-order valence-electron chi connectivity index (χ0n) is 5.85. The summed E-state index contributed by atoms with van der Waals surface area (Å²) in [6.45, 7) is 4.49. The van der Waals surface area contributed by atoms with Crippen molar-refractivity contribution in [3.8, 4) is 0 Å². The molecule has 0 aromatic heterocycles. The van der Waals surface area contributed by atoms with Crippen molar-refractivity contribution in [1.82, 2.24) is 0 Å². The second-order valence-corrected chi connectivity index (χ2v) is 2.06. The Balaban J connectivity index is 0. The van der Waals surface area contributed by atoms with Gasteiger partial charge in [-0.25, -0.2) is 0 Å². The van der Waals surface area contributed by atoms with Crippen LogP contribution in [0, 0.1) is 0 Å². The second-order valence-electron chi connectivity index (χ2n) is 2.06. The average molecular weight is 295 g/mol. The van der Waals surface area contributed by atoms with Crippen LogP contribution < -0.4 is 0 Å². The Hall–Kier alpha value is 0.688. The van der Waals surface area contributed by atoms with E-state index in [2.05, 4.69) is 13.8 Å². The third kappa shape index (κ3) is 9.85. The van der Waals surface area contributed by atoms with Gasteiger partial charge in [-0.05, 0) is 0 Å². The van der Waals surface area contributed by atoms with E-state index in [0.29, 0.717) is 0 Å². The van der Waals surface area contributed by atoms with Crippen molar-refractivity contribution in [1.29, 1.82) is 0 Å². The fraction of sp³-hybridized carbons (Fsp3) is 1.00. The first-order valence-corrected chi connectivity index (χ1v) is 3.41. The minimum atomic E-state index is 0. The first-order chi connectivity index (χ1) is 3.41. The molecule has 0 aliphatic carbocycles. The van der Waals surface area contributed by atoms with Gasteiger partial charge < -0.3 is 0 Å². The SMILES string of the molecule is CCCCCCC.[Pt]. The van der Waals surface area contributed by atoms with Gasteiger partial charge in [-0.15, -0.1) is 0 Å². The molecule has 0 bridgehead atoms. The van der Waals surface area contributed by atoms with Crippen LogP contribution in [-0.4, -0.2) is 0 Å². The Morgan fingerprint density at radius 1 is 0.750 bits per heavy atom. The van der Waals surface area contributed by atoms with E-state index < -0.39 is 0 Å². The Morgan fingerprint density at radius 2 is 1.12 bits per heavy atom. The van der Waals surface area contributed by atoms with Gasteiger partial charge in [0.1, 0.15) is 0 Å². The van der Waals surface area contributed by atoms with Gasteiger partial charge in [0.05, 0.1) is 0 Å². The maximum Gasteiger partial charge on any atom is 0 e. The third-order valence-electron chi connectivity index (χ3n) is 1.21. The second kappa shape index (κ2) is 10.6. The fourth-order valence-corrected chi connectivity index (χ4v) is 0.677. The van der Waals surface area contributed by atoms with Gasteiger partial charge in [0, 0.05) is 21.1 Å². The molecule has 0 N–H and O–H groups in total. The number of hydrogen-bond acceptors (Lipinski definition) is 0. The van der Waals surface area contributed by atoms with Crippen molar-refractivity contribution >= 4 is 0 Å².